The Morgan fingerprint density at radius 2 is 1.83 bits per heavy atom. The SMILES string of the molecule is CC(C)(C)c1ccc(CCS(=O)(=O)NCCc2cscn2)cc1. The number of benzene rings is 1. The molecule has 2 rings (SSSR count). The number of sulfonamides is 1. The number of hydrogen-bond donors (Lipinski definition) is 1. The summed E-state index contributed by atoms with van der Waals surface area (Å²) >= 11 is 1.52. The molecule has 0 radical (unpaired) electrons. The van der Waals surface area contributed by atoms with E-state index in [1.807, 2.05) is 17.5 Å². The van der Waals surface area contributed by atoms with Crippen molar-refractivity contribution in [2.24, 2.45) is 0 Å². The van der Waals surface area contributed by atoms with Gasteiger partial charge in [-0.25, -0.2) is 18.1 Å². The molecule has 4 nitrogen and oxygen atoms in total. The van der Waals surface area contributed by atoms with Gasteiger partial charge in [-0.05, 0) is 23.0 Å². The van der Waals surface area contributed by atoms with E-state index in [9.17, 15) is 8.42 Å². The van der Waals surface area contributed by atoms with E-state index in [0.717, 1.165) is 11.3 Å². The number of aryl methyl sites for hydroxylation is 1. The molecule has 1 aromatic carbocycles. The van der Waals surface area contributed by atoms with Crippen LogP contribution in [0.2, 0.25) is 0 Å². The minimum atomic E-state index is -3.25. The van der Waals surface area contributed by atoms with Gasteiger partial charge in [-0.3, -0.25) is 0 Å². The maximum atomic E-state index is 12.0. The summed E-state index contributed by atoms with van der Waals surface area (Å²) in [6.07, 6.45) is 1.15. The predicted molar refractivity (Wildman–Crippen MR) is 96.5 cm³/mol. The average molecular weight is 353 g/mol. The summed E-state index contributed by atoms with van der Waals surface area (Å²) in [5.74, 6) is 0.110. The summed E-state index contributed by atoms with van der Waals surface area (Å²) in [5, 5.41) is 1.94. The highest BCUT2D eigenvalue weighted by molar-refractivity contribution is 7.89. The van der Waals surface area contributed by atoms with Crippen LogP contribution in [0.15, 0.2) is 35.2 Å². The van der Waals surface area contributed by atoms with Gasteiger partial charge in [0.05, 0.1) is 17.0 Å². The second-order valence-electron chi connectivity index (χ2n) is 6.64. The predicted octanol–water partition coefficient (Wildman–Crippen LogP) is 3.15. The first kappa shape index (κ1) is 18.1. The molecule has 0 bridgehead atoms. The third-order valence-corrected chi connectivity index (χ3v) is 5.69. The van der Waals surface area contributed by atoms with Gasteiger partial charge >= 0.3 is 0 Å². The highest BCUT2D eigenvalue weighted by Crippen LogP contribution is 2.22. The van der Waals surface area contributed by atoms with Crippen LogP contribution in [-0.4, -0.2) is 25.7 Å². The minimum Gasteiger partial charge on any atom is -0.250 e. The Kier molecular flexibility index (Phi) is 5.95. The van der Waals surface area contributed by atoms with E-state index in [1.165, 1.54) is 16.9 Å². The third kappa shape index (κ3) is 6.05. The molecule has 6 heteroatoms. The summed E-state index contributed by atoms with van der Waals surface area (Å²) in [6, 6.07) is 8.20. The molecule has 0 saturated carbocycles. The monoisotopic (exact) mass is 352 g/mol. The summed E-state index contributed by atoms with van der Waals surface area (Å²) in [4.78, 5) is 4.14. The van der Waals surface area contributed by atoms with Crippen molar-refractivity contribution in [1.29, 1.82) is 0 Å². The van der Waals surface area contributed by atoms with Gasteiger partial charge in [0.25, 0.3) is 0 Å². The molecule has 1 N–H and O–H groups in total. The van der Waals surface area contributed by atoms with Crippen LogP contribution in [0.4, 0.5) is 0 Å². The summed E-state index contributed by atoms with van der Waals surface area (Å²) < 4.78 is 26.7. The van der Waals surface area contributed by atoms with Crippen molar-refractivity contribution in [1.82, 2.24) is 9.71 Å². The molecule has 0 unspecified atom stereocenters. The first-order chi connectivity index (χ1) is 10.8. The van der Waals surface area contributed by atoms with E-state index in [1.54, 1.807) is 5.51 Å². The quantitative estimate of drug-likeness (QED) is 0.833. The standard InChI is InChI=1S/C17H24N2O2S2/c1-17(2,3)15-6-4-14(5-7-15)9-11-23(20,21)19-10-8-16-12-22-13-18-16/h4-7,12-13,19H,8-11H2,1-3H3. The van der Waals surface area contributed by atoms with Crippen LogP contribution in [0.5, 0.6) is 0 Å². The smallest absolute Gasteiger partial charge is 0.211 e. The molecule has 0 fully saturated rings. The van der Waals surface area contributed by atoms with Gasteiger partial charge in [-0.1, -0.05) is 45.0 Å². The zero-order chi connectivity index (χ0) is 16.9. The lowest BCUT2D eigenvalue weighted by atomic mass is 9.86. The number of hydrogen-bond acceptors (Lipinski definition) is 4. The Bertz CT molecular complexity index is 700. The maximum absolute atomic E-state index is 12.0. The Labute approximate surface area is 143 Å². The van der Waals surface area contributed by atoms with Gasteiger partial charge in [0.2, 0.25) is 10.0 Å². The summed E-state index contributed by atoms with van der Waals surface area (Å²) in [7, 11) is -3.25. The molecule has 0 aliphatic carbocycles. The number of thiazole rings is 1. The lowest BCUT2D eigenvalue weighted by molar-refractivity contribution is 0.580. The Morgan fingerprint density at radius 3 is 2.39 bits per heavy atom. The summed E-state index contributed by atoms with van der Waals surface area (Å²) in [6.45, 7) is 6.89. The van der Waals surface area contributed by atoms with Crippen molar-refractivity contribution in [2.45, 2.75) is 39.0 Å². The molecule has 2 aromatic rings. The lowest BCUT2D eigenvalue weighted by Crippen LogP contribution is -2.29. The van der Waals surface area contributed by atoms with Gasteiger partial charge in [0, 0.05) is 18.3 Å². The lowest BCUT2D eigenvalue weighted by Gasteiger charge is -2.19. The fourth-order valence-electron chi connectivity index (χ4n) is 2.19. The van der Waals surface area contributed by atoms with Gasteiger partial charge < -0.3 is 0 Å². The van der Waals surface area contributed by atoms with Gasteiger partial charge in [0.1, 0.15) is 0 Å². The minimum absolute atomic E-state index is 0.110. The Morgan fingerprint density at radius 1 is 1.13 bits per heavy atom. The summed E-state index contributed by atoms with van der Waals surface area (Å²) in [5.41, 5.74) is 5.09. The van der Waals surface area contributed by atoms with E-state index in [-0.39, 0.29) is 11.2 Å². The molecule has 0 saturated heterocycles. The molecule has 0 aliphatic heterocycles. The van der Waals surface area contributed by atoms with Crippen molar-refractivity contribution < 1.29 is 8.42 Å². The average Bonchev–Trinajstić information content (AvgIpc) is 2.98. The second-order valence-corrected chi connectivity index (χ2v) is 9.29. The second kappa shape index (κ2) is 7.55. The van der Waals surface area contributed by atoms with E-state index >= 15 is 0 Å². The fourth-order valence-corrected chi connectivity index (χ4v) is 3.85. The van der Waals surface area contributed by atoms with E-state index in [2.05, 4.69) is 42.6 Å². The van der Waals surface area contributed by atoms with Gasteiger partial charge in [-0.15, -0.1) is 11.3 Å². The Balaban J connectivity index is 1.81. The van der Waals surface area contributed by atoms with Crippen molar-refractivity contribution in [3.63, 3.8) is 0 Å². The number of nitrogens with one attached hydrogen (secondary N) is 1. The van der Waals surface area contributed by atoms with Crippen molar-refractivity contribution >= 4 is 21.4 Å². The molecule has 0 amide bonds. The largest absolute Gasteiger partial charge is 0.250 e. The number of nitrogens with zero attached hydrogens (tertiary/aromatic N) is 1. The first-order valence-corrected chi connectivity index (χ1v) is 10.3. The molecule has 0 aliphatic rings. The molecule has 126 valence electrons. The molecular formula is C17H24N2O2S2. The maximum Gasteiger partial charge on any atom is 0.211 e. The molecule has 23 heavy (non-hydrogen) atoms. The van der Waals surface area contributed by atoms with Crippen LogP contribution in [0, 0.1) is 0 Å². The molecule has 1 heterocycles. The van der Waals surface area contributed by atoms with E-state index in [0.29, 0.717) is 19.4 Å². The first-order valence-electron chi connectivity index (χ1n) is 7.70. The number of aromatic nitrogens is 1. The highest BCUT2D eigenvalue weighted by Gasteiger charge is 2.14. The highest BCUT2D eigenvalue weighted by atomic mass is 32.2. The van der Waals surface area contributed by atoms with Gasteiger partial charge in [-0.2, -0.15) is 0 Å². The van der Waals surface area contributed by atoms with Crippen molar-refractivity contribution in [3.8, 4) is 0 Å². The third-order valence-electron chi connectivity index (χ3n) is 3.67. The Hall–Kier alpha value is -1.24. The van der Waals surface area contributed by atoms with Crippen LogP contribution in [0.3, 0.4) is 0 Å². The van der Waals surface area contributed by atoms with Crippen LogP contribution in [0.1, 0.15) is 37.6 Å². The van der Waals surface area contributed by atoms with E-state index < -0.39 is 10.0 Å². The zero-order valence-corrected chi connectivity index (χ0v) is 15.5. The fraction of sp³-hybridized carbons (Fsp3) is 0.471. The van der Waals surface area contributed by atoms with Crippen LogP contribution in [-0.2, 0) is 28.3 Å². The molecule has 0 atom stereocenters. The van der Waals surface area contributed by atoms with Crippen LogP contribution < -0.4 is 4.72 Å². The molecular weight excluding hydrogens is 328 g/mol. The number of rotatable bonds is 7. The molecule has 0 spiro atoms. The van der Waals surface area contributed by atoms with Crippen molar-refractivity contribution in [2.75, 3.05) is 12.3 Å². The normalized spacial score (nSPS) is 12.5. The van der Waals surface area contributed by atoms with Crippen molar-refractivity contribution in [3.05, 3.63) is 52.0 Å². The van der Waals surface area contributed by atoms with Gasteiger partial charge in [0.15, 0.2) is 0 Å². The van der Waals surface area contributed by atoms with Crippen LogP contribution in [0.25, 0.3) is 0 Å². The van der Waals surface area contributed by atoms with Crippen LogP contribution >= 0.6 is 11.3 Å². The zero-order valence-electron chi connectivity index (χ0n) is 13.9. The molecule has 1 aromatic heterocycles. The topological polar surface area (TPSA) is 59.1 Å². The van der Waals surface area contributed by atoms with E-state index in [4.69, 9.17) is 0 Å².